The Morgan fingerprint density at radius 3 is 1.41 bits per heavy atom. The zero-order valence-electron chi connectivity index (χ0n) is 36.2. The fraction of sp³-hybridized carbons (Fsp3) is 0.161. The number of hydrogen-bond donors (Lipinski definition) is 0. The first-order chi connectivity index (χ1) is 31.7. The fourth-order valence-corrected chi connectivity index (χ4v) is 19.1. The third kappa shape index (κ3) is 5.81. The van der Waals surface area contributed by atoms with Gasteiger partial charge in [-0.2, -0.15) is 0 Å². The van der Waals surface area contributed by atoms with Gasteiger partial charge in [0.25, 0.3) is 0 Å². The van der Waals surface area contributed by atoms with Crippen LogP contribution >= 0.6 is 0 Å². The van der Waals surface area contributed by atoms with Gasteiger partial charge in [-0.05, 0) is 162 Å². The maximum Gasteiger partial charge on any atom is 0.183 e. The molecule has 9 aromatic carbocycles. The van der Waals surface area contributed by atoms with Crippen LogP contribution in [0.4, 0.5) is 17.1 Å². The van der Waals surface area contributed by atoms with Gasteiger partial charge in [-0.15, -0.1) is 0 Å². The van der Waals surface area contributed by atoms with Crippen molar-refractivity contribution >= 4 is 56.7 Å². The van der Waals surface area contributed by atoms with Gasteiger partial charge in [-0.25, -0.2) is 0 Å². The molecular weight excluding hydrogens is 787 g/mol. The van der Waals surface area contributed by atoms with Crippen molar-refractivity contribution < 1.29 is 0 Å². The van der Waals surface area contributed by atoms with E-state index in [4.69, 9.17) is 0 Å². The van der Waals surface area contributed by atoms with Gasteiger partial charge in [0.05, 0.1) is 0 Å². The molecule has 4 aliphatic carbocycles. The Morgan fingerprint density at radius 2 is 0.828 bits per heavy atom. The highest BCUT2D eigenvalue weighted by molar-refractivity contribution is 7.22. The van der Waals surface area contributed by atoms with E-state index in [1.807, 2.05) is 0 Å². The minimum absolute atomic E-state index is 0.344. The van der Waals surface area contributed by atoms with Crippen LogP contribution in [-0.4, -0.2) is 8.07 Å². The van der Waals surface area contributed by atoms with Gasteiger partial charge < -0.3 is 4.90 Å². The van der Waals surface area contributed by atoms with Crippen LogP contribution < -0.4 is 25.6 Å². The molecule has 64 heavy (non-hydrogen) atoms. The first kappa shape index (κ1) is 37.8. The largest absolute Gasteiger partial charge is 0.311 e. The van der Waals surface area contributed by atoms with E-state index in [0.717, 1.165) is 17.8 Å². The molecule has 1 heterocycles. The summed E-state index contributed by atoms with van der Waals surface area (Å²) in [6.45, 7) is 0. The third-order valence-corrected chi connectivity index (χ3v) is 20.8. The van der Waals surface area contributed by atoms with Crippen LogP contribution in [0.1, 0.15) is 44.1 Å². The molecule has 2 heteroatoms. The van der Waals surface area contributed by atoms with E-state index in [0.29, 0.717) is 5.41 Å². The molecule has 5 aliphatic rings. The molecule has 4 bridgehead atoms. The third-order valence-electron chi connectivity index (χ3n) is 15.9. The van der Waals surface area contributed by atoms with E-state index in [2.05, 4.69) is 223 Å². The summed E-state index contributed by atoms with van der Waals surface area (Å²) in [5.41, 5.74) is 13.2. The number of nitrogens with zero attached hydrogens (tertiary/aromatic N) is 1. The van der Waals surface area contributed by atoms with Gasteiger partial charge in [0.1, 0.15) is 0 Å². The van der Waals surface area contributed by atoms with Crippen molar-refractivity contribution in [3.63, 3.8) is 0 Å². The molecule has 4 saturated carbocycles. The molecule has 9 aromatic rings. The topological polar surface area (TPSA) is 3.24 Å². The Morgan fingerprint density at radius 1 is 0.375 bits per heavy atom. The van der Waals surface area contributed by atoms with Crippen LogP contribution in [0.25, 0.3) is 44.2 Å². The van der Waals surface area contributed by atoms with E-state index < -0.39 is 8.07 Å². The summed E-state index contributed by atoms with van der Waals surface area (Å²) in [4.78, 5) is 2.59. The highest BCUT2D eigenvalue weighted by Gasteiger charge is 2.52. The highest BCUT2D eigenvalue weighted by atomic mass is 28.3. The van der Waals surface area contributed by atoms with Crippen molar-refractivity contribution in [3.8, 4) is 33.4 Å². The Balaban J connectivity index is 1.01. The van der Waals surface area contributed by atoms with Crippen molar-refractivity contribution in [3.05, 3.63) is 224 Å². The van der Waals surface area contributed by atoms with Gasteiger partial charge in [-0.3, -0.25) is 0 Å². The average Bonchev–Trinajstić information content (AvgIpc) is 3.65. The smallest absolute Gasteiger partial charge is 0.183 e. The SMILES string of the molecule is c1ccc(-c2cccc3cccc(-c4ccc(N(c5ccc(C67CC8CC(CC(C8)C6)C7)cc5)c5ccccc5[Si]5(c6ccccc6)c6ccccc6-c6ccccc65)cc4)c23)cc1. The van der Waals surface area contributed by atoms with Gasteiger partial charge in [-0.1, -0.05) is 188 Å². The van der Waals surface area contributed by atoms with Crippen LogP contribution in [0.15, 0.2) is 218 Å². The molecule has 308 valence electrons. The summed E-state index contributed by atoms with van der Waals surface area (Å²) in [6, 6.07) is 83.1. The van der Waals surface area contributed by atoms with Crippen LogP contribution in [0.3, 0.4) is 0 Å². The second kappa shape index (κ2) is 14.9. The average molecular weight is 838 g/mol. The maximum atomic E-state index is 2.59. The molecule has 0 saturated heterocycles. The lowest BCUT2D eigenvalue weighted by Gasteiger charge is -2.57. The minimum Gasteiger partial charge on any atom is -0.311 e. The lowest BCUT2D eigenvalue weighted by molar-refractivity contribution is -0.00518. The van der Waals surface area contributed by atoms with Gasteiger partial charge >= 0.3 is 0 Å². The van der Waals surface area contributed by atoms with Crippen molar-refractivity contribution in [2.75, 3.05) is 4.90 Å². The molecule has 0 atom stereocenters. The lowest BCUT2D eigenvalue weighted by Crippen LogP contribution is -2.73. The predicted molar refractivity (Wildman–Crippen MR) is 272 cm³/mol. The molecule has 4 fully saturated rings. The zero-order valence-corrected chi connectivity index (χ0v) is 37.2. The molecule has 0 amide bonds. The van der Waals surface area contributed by atoms with Crippen LogP contribution in [0, 0.1) is 17.8 Å². The van der Waals surface area contributed by atoms with Gasteiger partial charge in [0, 0.05) is 17.1 Å². The number of anilines is 3. The summed E-state index contributed by atoms with van der Waals surface area (Å²) in [5, 5.41) is 8.30. The number of benzene rings is 9. The van der Waals surface area contributed by atoms with Crippen molar-refractivity contribution in [1.82, 2.24) is 0 Å². The van der Waals surface area contributed by atoms with E-state index in [1.165, 1.54) is 120 Å². The van der Waals surface area contributed by atoms with Gasteiger partial charge in [0.15, 0.2) is 8.07 Å². The van der Waals surface area contributed by atoms with Crippen molar-refractivity contribution in [1.29, 1.82) is 0 Å². The summed E-state index contributed by atoms with van der Waals surface area (Å²) < 4.78 is 0. The molecule has 1 nitrogen and oxygen atoms in total. The molecule has 0 N–H and O–H groups in total. The summed E-state index contributed by atoms with van der Waals surface area (Å²) >= 11 is 0. The number of para-hydroxylation sites is 1. The Bertz CT molecular complexity index is 3100. The zero-order chi connectivity index (χ0) is 42.2. The molecule has 0 radical (unpaired) electrons. The Labute approximate surface area is 378 Å². The molecule has 0 spiro atoms. The Kier molecular flexibility index (Phi) is 8.81. The van der Waals surface area contributed by atoms with Crippen molar-refractivity contribution in [2.24, 2.45) is 17.8 Å². The summed E-state index contributed by atoms with van der Waals surface area (Å²) in [5.74, 6) is 2.74. The second-order valence-electron chi connectivity index (χ2n) is 19.4. The molecule has 0 unspecified atom stereocenters. The Hall–Kier alpha value is -6.74. The number of fused-ring (bicyclic) bond motifs is 4. The van der Waals surface area contributed by atoms with E-state index in [-0.39, 0.29) is 0 Å². The minimum atomic E-state index is -2.83. The molecular formula is C62H51NSi. The molecule has 1 aliphatic heterocycles. The van der Waals surface area contributed by atoms with E-state index in [1.54, 1.807) is 5.56 Å². The summed E-state index contributed by atoms with van der Waals surface area (Å²) in [6.07, 6.45) is 8.50. The van der Waals surface area contributed by atoms with Crippen LogP contribution in [0.2, 0.25) is 0 Å². The second-order valence-corrected chi connectivity index (χ2v) is 23.1. The number of rotatable bonds is 8. The van der Waals surface area contributed by atoms with Crippen LogP contribution in [-0.2, 0) is 5.41 Å². The monoisotopic (exact) mass is 837 g/mol. The normalized spacial score (nSPS) is 21.1. The molecule has 0 aromatic heterocycles. The first-order valence-electron chi connectivity index (χ1n) is 23.6. The maximum absolute atomic E-state index is 2.83. The first-order valence-corrected chi connectivity index (χ1v) is 25.6. The predicted octanol–water partition coefficient (Wildman–Crippen LogP) is 13.5. The quantitative estimate of drug-likeness (QED) is 0.138. The number of hydrogen-bond acceptors (Lipinski definition) is 1. The summed E-state index contributed by atoms with van der Waals surface area (Å²) in [7, 11) is -2.83. The van der Waals surface area contributed by atoms with Crippen molar-refractivity contribution in [2.45, 2.75) is 43.9 Å². The molecule has 14 rings (SSSR count). The standard InChI is InChI=1S/C62H51NSi/c1-3-15-46(16-4-1)53-23-13-17-48-18-14-24-54(61(48)53)47-29-33-50(34-30-47)63(51-35-31-49(32-36-51)62-40-43-37-44(41-62)39-45(38-43)42-62)57-25-9-12-28-60(57)64(52-19-5-2-6-20-52)58-26-10-7-21-55(58)56-22-8-11-27-59(56)64/h1-36,43-45H,37-42H2. The highest BCUT2D eigenvalue weighted by Crippen LogP contribution is 2.61. The van der Waals surface area contributed by atoms with E-state index >= 15 is 0 Å². The van der Waals surface area contributed by atoms with Crippen LogP contribution in [0.5, 0.6) is 0 Å². The lowest BCUT2D eigenvalue weighted by atomic mass is 9.48. The fourth-order valence-electron chi connectivity index (χ4n) is 13.8. The van der Waals surface area contributed by atoms with E-state index in [9.17, 15) is 0 Å². The van der Waals surface area contributed by atoms with Gasteiger partial charge in [0.2, 0.25) is 0 Å².